The third-order valence-electron chi connectivity index (χ3n) is 1.90. The maximum Gasteiger partial charge on any atom is 0.172 e. The predicted molar refractivity (Wildman–Crippen MR) is 57.0 cm³/mol. The smallest absolute Gasteiger partial charge is 0.172 e. The quantitative estimate of drug-likeness (QED) is 0.766. The van der Waals surface area contributed by atoms with E-state index in [1.165, 1.54) is 0 Å². The minimum Gasteiger partial charge on any atom is -0.508 e. The lowest BCUT2D eigenvalue weighted by atomic mass is 10.3. The van der Waals surface area contributed by atoms with Crippen LogP contribution in [0, 0.1) is 0 Å². The molecule has 2 aromatic rings. The molecular formula is C10H10N2OS. The number of benzene rings is 1. The van der Waals surface area contributed by atoms with Crippen LogP contribution in [0.15, 0.2) is 41.8 Å². The zero-order chi connectivity index (χ0) is 9.97. The zero-order valence-corrected chi connectivity index (χ0v) is 8.53. The topological polar surface area (TPSA) is 38.0 Å². The molecule has 0 amide bonds. The summed E-state index contributed by atoms with van der Waals surface area (Å²) in [4.78, 5) is 4.19. The van der Waals surface area contributed by atoms with Gasteiger partial charge in [-0.25, -0.2) is 4.98 Å². The Hall–Kier alpha value is -1.42. The van der Waals surface area contributed by atoms with Crippen molar-refractivity contribution in [3.8, 4) is 11.4 Å². The minimum atomic E-state index is 0.267. The summed E-state index contributed by atoms with van der Waals surface area (Å²) in [6.07, 6.45) is 5.60. The van der Waals surface area contributed by atoms with Crippen molar-refractivity contribution < 1.29 is 5.11 Å². The van der Waals surface area contributed by atoms with Gasteiger partial charge in [0.2, 0.25) is 0 Å². The van der Waals surface area contributed by atoms with Crippen molar-refractivity contribution in [3.05, 3.63) is 36.7 Å². The van der Waals surface area contributed by atoms with Crippen LogP contribution in [0.3, 0.4) is 0 Å². The first kappa shape index (κ1) is 9.15. The van der Waals surface area contributed by atoms with Crippen molar-refractivity contribution in [1.82, 2.24) is 9.55 Å². The summed E-state index contributed by atoms with van der Waals surface area (Å²) in [5, 5.41) is 10.2. The first-order valence-corrected chi connectivity index (χ1v) is 5.40. The van der Waals surface area contributed by atoms with Gasteiger partial charge in [0.15, 0.2) is 5.16 Å². The van der Waals surface area contributed by atoms with Crippen LogP contribution in [-0.4, -0.2) is 20.9 Å². The molecule has 0 aliphatic rings. The van der Waals surface area contributed by atoms with Gasteiger partial charge in [0, 0.05) is 18.5 Å². The Morgan fingerprint density at radius 2 is 2.29 bits per heavy atom. The molecule has 0 aliphatic heterocycles. The molecule has 1 aromatic carbocycles. The molecule has 0 saturated carbocycles. The second kappa shape index (κ2) is 3.75. The fourth-order valence-corrected chi connectivity index (χ4v) is 1.81. The molecule has 72 valence electrons. The summed E-state index contributed by atoms with van der Waals surface area (Å²) in [6, 6.07) is 7.11. The predicted octanol–water partition coefficient (Wildman–Crippen LogP) is 2.30. The van der Waals surface area contributed by atoms with Crippen LogP contribution in [0.1, 0.15) is 0 Å². The molecule has 0 fully saturated rings. The molecule has 3 nitrogen and oxygen atoms in total. The zero-order valence-electron chi connectivity index (χ0n) is 7.71. The van der Waals surface area contributed by atoms with E-state index in [1.807, 2.05) is 29.2 Å². The van der Waals surface area contributed by atoms with Crippen molar-refractivity contribution in [3.63, 3.8) is 0 Å². The van der Waals surface area contributed by atoms with E-state index in [9.17, 15) is 5.11 Å². The Morgan fingerprint density at radius 1 is 1.43 bits per heavy atom. The van der Waals surface area contributed by atoms with Crippen molar-refractivity contribution >= 4 is 11.8 Å². The average Bonchev–Trinajstić information content (AvgIpc) is 2.65. The number of imidazole rings is 1. The lowest BCUT2D eigenvalue weighted by Gasteiger charge is -2.05. The number of aromatic nitrogens is 2. The first-order valence-electron chi connectivity index (χ1n) is 4.18. The van der Waals surface area contributed by atoms with E-state index in [2.05, 4.69) is 4.98 Å². The number of thioether (sulfide) groups is 1. The highest BCUT2D eigenvalue weighted by atomic mass is 32.2. The number of nitrogens with zero attached hydrogens (tertiary/aromatic N) is 2. The van der Waals surface area contributed by atoms with E-state index in [-0.39, 0.29) is 5.75 Å². The molecule has 2 rings (SSSR count). The molecular weight excluding hydrogens is 196 g/mol. The molecule has 0 spiro atoms. The molecule has 1 heterocycles. The Labute approximate surface area is 86.4 Å². The SMILES string of the molecule is CSc1nccn1-c1cccc(O)c1. The van der Waals surface area contributed by atoms with Crippen LogP contribution in [0.2, 0.25) is 0 Å². The molecule has 0 bridgehead atoms. The molecule has 0 unspecified atom stereocenters. The average molecular weight is 206 g/mol. The molecule has 1 aromatic heterocycles. The van der Waals surface area contributed by atoms with E-state index >= 15 is 0 Å². The van der Waals surface area contributed by atoms with Crippen molar-refractivity contribution in [2.45, 2.75) is 5.16 Å². The molecule has 0 saturated heterocycles. The molecule has 1 N–H and O–H groups in total. The van der Waals surface area contributed by atoms with Gasteiger partial charge in [-0.05, 0) is 18.4 Å². The molecule has 14 heavy (non-hydrogen) atoms. The minimum absolute atomic E-state index is 0.267. The second-order valence-electron chi connectivity index (χ2n) is 2.80. The summed E-state index contributed by atoms with van der Waals surface area (Å²) >= 11 is 1.57. The summed E-state index contributed by atoms with van der Waals surface area (Å²) < 4.78 is 1.93. The van der Waals surface area contributed by atoms with E-state index in [0.717, 1.165) is 10.8 Å². The largest absolute Gasteiger partial charge is 0.508 e. The summed E-state index contributed by atoms with van der Waals surface area (Å²) in [5.41, 5.74) is 0.923. The van der Waals surface area contributed by atoms with E-state index in [0.29, 0.717) is 0 Å². The number of phenols is 1. The van der Waals surface area contributed by atoms with Crippen LogP contribution < -0.4 is 0 Å². The molecule has 4 heteroatoms. The van der Waals surface area contributed by atoms with Gasteiger partial charge in [0.25, 0.3) is 0 Å². The Kier molecular flexibility index (Phi) is 2.45. The first-order chi connectivity index (χ1) is 6.81. The van der Waals surface area contributed by atoms with Gasteiger partial charge < -0.3 is 5.11 Å². The summed E-state index contributed by atoms with van der Waals surface area (Å²) in [6.45, 7) is 0. The van der Waals surface area contributed by atoms with E-state index in [4.69, 9.17) is 0 Å². The van der Waals surface area contributed by atoms with Gasteiger partial charge in [0.1, 0.15) is 5.75 Å². The van der Waals surface area contributed by atoms with E-state index in [1.54, 1.807) is 30.1 Å². The normalized spacial score (nSPS) is 10.4. The fraction of sp³-hybridized carbons (Fsp3) is 0.100. The van der Waals surface area contributed by atoms with Crippen molar-refractivity contribution in [2.75, 3.05) is 6.26 Å². The maximum absolute atomic E-state index is 9.33. The van der Waals surface area contributed by atoms with Crippen LogP contribution in [0.25, 0.3) is 5.69 Å². The van der Waals surface area contributed by atoms with E-state index < -0.39 is 0 Å². The van der Waals surface area contributed by atoms with Crippen molar-refractivity contribution in [1.29, 1.82) is 0 Å². The third kappa shape index (κ3) is 1.61. The van der Waals surface area contributed by atoms with Gasteiger partial charge in [0.05, 0.1) is 5.69 Å². The lowest BCUT2D eigenvalue weighted by Crippen LogP contribution is -1.93. The standard InChI is InChI=1S/C10H10N2OS/c1-14-10-11-5-6-12(10)8-3-2-4-9(13)7-8/h2-7,13H,1H3. The number of rotatable bonds is 2. The number of hydrogen-bond acceptors (Lipinski definition) is 3. The number of phenolic OH excluding ortho intramolecular Hbond substituents is 1. The monoisotopic (exact) mass is 206 g/mol. The highest BCUT2D eigenvalue weighted by Crippen LogP contribution is 2.20. The van der Waals surface area contributed by atoms with Crippen LogP contribution in [-0.2, 0) is 0 Å². The Morgan fingerprint density at radius 3 is 3.00 bits per heavy atom. The number of aromatic hydroxyl groups is 1. The Balaban J connectivity index is 2.49. The second-order valence-corrected chi connectivity index (χ2v) is 3.58. The van der Waals surface area contributed by atoms with Crippen molar-refractivity contribution in [2.24, 2.45) is 0 Å². The Bertz CT molecular complexity index is 439. The van der Waals surface area contributed by atoms with Gasteiger partial charge in [-0.15, -0.1) is 0 Å². The maximum atomic E-state index is 9.33. The van der Waals surface area contributed by atoms with Gasteiger partial charge in [-0.3, -0.25) is 4.57 Å². The summed E-state index contributed by atoms with van der Waals surface area (Å²) in [5.74, 6) is 0.267. The summed E-state index contributed by atoms with van der Waals surface area (Å²) in [7, 11) is 0. The molecule has 0 atom stereocenters. The highest BCUT2D eigenvalue weighted by molar-refractivity contribution is 7.98. The van der Waals surface area contributed by atoms with Gasteiger partial charge >= 0.3 is 0 Å². The molecule has 0 radical (unpaired) electrons. The third-order valence-corrected chi connectivity index (χ3v) is 2.56. The molecule has 0 aliphatic carbocycles. The van der Waals surface area contributed by atoms with Gasteiger partial charge in [-0.2, -0.15) is 0 Å². The lowest BCUT2D eigenvalue weighted by molar-refractivity contribution is 0.475. The van der Waals surface area contributed by atoms with Crippen LogP contribution >= 0.6 is 11.8 Å². The van der Waals surface area contributed by atoms with Gasteiger partial charge in [-0.1, -0.05) is 17.8 Å². The van der Waals surface area contributed by atoms with Crippen LogP contribution in [0.4, 0.5) is 0 Å². The fourth-order valence-electron chi connectivity index (χ4n) is 1.28. The number of hydrogen-bond donors (Lipinski definition) is 1. The van der Waals surface area contributed by atoms with Crippen LogP contribution in [0.5, 0.6) is 5.75 Å². The highest BCUT2D eigenvalue weighted by Gasteiger charge is 2.03.